The molecule has 0 bridgehead atoms. The fraction of sp³-hybridized carbons (Fsp3) is 0.125. The van der Waals surface area contributed by atoms with E-state index in [0.717, 1.165) is 16.7 Å². The molecule has 0 aliphatic rings. The van der Waals surface area contributed by atoms with E-state index in [9.17, 15) is 4.79 Å². The van der Waals surface area contributed by atoms with Crippen LogP contribution in [0.5, 0.6) is 5.75 Å². The van der Waals surface area contributed by atoms with Gasteiger partial charge in [0.05, 0.1) is 11.3 Å². The minimum atomic E-state index is -0.274. The lowest BCUT2D eigenvalue weighted by molar-refractivity contribution is -0.118. The standard InChI is InChI=1S/C24H21N3O3/c1-16-12-17(2)14-19(13-16)29-15-22(28)25-21-11-7-6-10-20(21)24-26-23(27-30-24)18-8-4-3-5-9-18/h3-14H,15H2,1-2H3,(H,25,28). The Balaban J connectivity index is 1.48. The van der Waals surface area contributed by atoms with Crippen LogP contribution in [0.25, 0.3) is 22.8 Å². The second-order valence-corrected chi connectivity index (χ2v) is 7.00. The Hall–Kier alpha value is -3.93. The number of nitrogens with one attached hydrogen (secondary N) is 1. The molecule has 3 aromatic carbocycles. The second kappa shape index (κ2) is 8.61. The fourth-order valence-electron chi connectivity index (χ4n) is 3.17. The van der Waals surface area contributed by atoms with Gasteiger partial charge in [-0.3, -0.25) is 4.79 Å². The molecule has 1 heterocycles. The van der Waals surface area contributed by atoms with Crippen LogP contribution in [0.15, 0.2) is 77.3 Å². The predicted octanol–water partition coefficient (Wildman–Crippen LogP) is 5.04. The van der Waals surface area contributed by atoms with E-state index in [0.29, 0.717) is 28.7 Å². The number of ether oxygens (including phenoxy) is 1. The largest absolute Gasteiger partial charge is 0.484 e. The van der Waals surface area contributed by atoms with Gasteiger partial charge in [0.25, 0.3) is 11.8 Å². The zero-order chi connectivity index (χ0) is 20.9. The first-order chi connectivity index (χ1) is 14.6. The summed E-state index contributed by atoms with van der Waals surface area (Å²) in [6, 6.07) is 22.7. The molecule has 150 valence electrons. The predicted molar refractivity (Wildman–Crippen MR) is 115 cm³/mol. The van der Waals surface area contributed by atoms with Crippen molar-refractivity contribution in [2.45, 2.75) is 13.8 Å². The molecule has 1 aromatic heterocycles. The van der Waals surface area contributed by atoms with Gasteiger partial charge in [-0.2, -0.15) is 4.98 Å². The summed E-state index contributed by atoms with van der Waals surface area (Å²) in [5, 5.41) is 6.92. The lowest BCUT2D eigenvalue weighted by atomic mass is 10.1. The summed E-state index contributed by atoms with van der Waals surface area (Å²) in [5.74, 6) is 1.22. The number of hydrogen-bond donors (Lipinski definition) is 1. The molecule has 1 amide bonds. The first-order valence-corrected chi connectivity index (χ1v) is 9.58. The molecule has 0 spiro atoms. The van der Waals surface area contributed by atoms with Crippen LogP contribution in [0.4, 0.5) is 5.69 Å². The lowest BCUT2D eigenvalue weighted by Crippen LogP contribution is -2.20. The minimum Gasteiger partial charge on any atom is -0.484 e. The van der Waals surface area contributed by atoms with Gasteiger partial charge in [0.1, 0.15) is 5.75 Å². The number of amides is 1. The minimum absolute atomic E-state index is 0.101. The molecule has 6 nitrogen and oxygen atoms in total. The van der Waals surface area contributed by atoms with Crippen LogP contribution in [0.2, 0.25) is 0 Å². The number of rotatable bonds is 6. The zero-order valence-electron chi connectivity index (χ0n) is 16.8. The van der Waals surface area contributed by atoms with E-state index in [1.807, 2.05) is 74.5 Å². The van der Waals surface area contributed by atoms with Gasteiger partial charge in [0, 0.05) is 5.56 Å². The van der Waals surface area contributed by atoms with Crippen LogP contribution in [0, 0.1) is 13.8 Å². The van der Waals surface area contributed by atoms with Crippen molar-refractivity contribution >= 4 is 11.6 Å². The van der Waals surface area contributed by atoms with Crippen LogP contribution >= 0.6 is 0 Å². The summed E-state index contributed by atoms with van der Waals surface area (Å²) >= 11 is 0. The van der Waals surface area contributed by atoms with Gasteiger partial charge in [-0.05, 0) is 49.2 Å². The Morgan fingerprint density at radius 3 is 2.43 bits per heavy atom. The summed E-state index contributed by atoms with van der Waals surface area (Å²) in [4.78, 5) is 16.9. The number of carbonyl (C=O) groups excluding carboxylic acids is 1. The zero-order valence-corrected chi connectivity index (χ0v) is 16.8. The number of nitrogens with zero attached hydrogens (tertiary/aromatic N) is 2. The normalized spacial score (nSPS) is 10.6. The summed E-state index contributed by atoms with van der Waals surface area (Å²) in [5.41, 5.74) is 4.25. The first kappa shape index (κ1) is 19.4. The van der Waals surface area contributed by atoms with E-state index < -0.39 is 0 Å². The van der Waals surface area contributed by atoms with Gasteiger partial charge in [-0.1, -0.05) is 53.7 Å². The molecular weight excluding hydrogens is 378 g/mol. The lowest BCUT2D eigenvalue weighted by Gasteiger charge is -2.10. The van der Waals surface area contributed by atoms with Crippen molar-refractivity contribution in [3.05, 3.63) is 83.9 Å². The highest BCUT2D eigenvalue weighted by atomic mass is 16.5. The third kappa shape index (κ3) is 4.55. The Labute approximate surface area is 174 Å². The quantitative estimate of drug-likeness (QED) is 0.492. The molecular formula is C24H21N3O3. The van der Waals surface area contributed by atoms with Crippen LogP contribution in [-0.2, 0) is 4.79 Å². The van der Waals surface area contributed by atoms with Gasteiger partial charge in [-0.15, -0.1) is 0 Å². The number of hydrogen-bond acceptors (Lipinski definition) is 5. The number of benzene rings is 3. The van der Waals surface area contributed by atoms with E-state index in [4.69, 9.17) is 9.26 Å². The molecule has 4 rings (SSSR count). The monoisotopic (exact) mass is 399 g/mol. The molecule has 0 aliphatic heterocycles. The molecule has 6 heteroatoms. The number of carbonyl (C=O) groups is 1. The van der Waals surface area contributed by atoms with E-state index in [1.165, 1.54) is 0 Å². The maximum Gasteiger partial charge on any atom is 0.262 e. The third-order valence-corrected chi connectivity index (χ3v) is 4.45. The molecule has 0 radical (unpaired) electrons. The van der Waals surface area contributed by atoms with E-state index in [-0.39, 0.29) is 12.5 Å². The highest BCUT2D eigenvalue weighted by Crippen LogP contribution is 2.28. The van der Waals surface area contributed by atoms with Gasteiger partial charge >= 0.3 is 0 Å². The van der Waals surface area contributed by atoms with Gasteiger partial charge in [0.15, 0.2) is 6.61 Å². The Kier molecular flexibility index (Phi) is 5.57. The summed E-state index contributed by atoms with van der Waals surface area (Å²) in [7, 11) is 0. The first-order valence-electron chi connectivity index (χ1n) is 9.58. The average molecular weight is 399 g/mol. The molecule has 30 heavy (non-hydrogen) atoms. The summed E-state index contributed by atoms with van der Waals surface area (Å²) in [6.07, 6.45) is 0. The van der Waals surface area contributed by atoms with Crippen LogP contribution in [0.3, 0.4) is 0 Å². The van der Waals surface area contributed by atoms with E-state index in [1.54, 1.807) is 6.07 Å². The maximum absolute atomic E-state index is 12.5. The van der Waals surface area contributed by atoms with Crippen molar-refractivity contribution in [3.8, 4) is 28.6 Å². The van der Waals surface area contributed by atoms with E-state index in [2.05, 4.69) is 21.5 Å². The van der Waals surface area contributed by atoms with Crippen molar-refractivity contribution in [2.24, 2.45) is 0 Å². The molecule has 0 fully saturated rings. The molecule has 0 aliphatic carbocycles. The molecule has 0 unspecified atom stereocenters. The van der Waals surface area contributed by atoms with Crippen LogP contribution < -0.4 is 10.1 Å². The van der Waals surface area contributed by atoms with Crippen molar-refractivity contribution in [1.82, 2.24) is 10.1 Å². The summed E-state index contributed by atoms with van der Waals surface area (Å²) in [6.45, 7) is 3.88. The molecule has 0 saturated carbocycles. The maximum atomic E-state index is 12.5. The number of anilines is 1. The number of aromatic nitrogens is 2. The number of para-hydroxylation sites is 1. The van der Waals surface area contributed by atoms with Crippen molar-refractivity contribution in [2.75, 3.05) is 11.9 Å². The molecule has 4 aromatic rings. The summed E-state index contributed by atoms with van der Waals surface area (Å²) < 4.78 is 11.1. The van der Waals surface area contributed by atoms with Crippen LogP contribution in [-0.4, -0.2) is 22.7 Å². The third-order valence-electron chi connectivity index (χ3n) is 4.45. The Bertz CT molecular complexity index is 1150. The van der Waals surface area contributed by atoms with Gasteiger partial charge in [0.2, 0.25) is 5.82 Å². The Morgan fingerprint density at radius 2 is 1.67 bits per heavy atom. The fourth-order valence-corrected chi connectivity index (χ4v) is 3.17. The van der Waals surface area contributed by atoms with E-state index >= 15 is 0 Å². The van der Waals surface area contributed by atoms with Gasteiger partial charge < -0.3 is 14.6 Å². The highest BCUT2D eigenvalue weighted by molar-refractivity contribution is 5.95. The average Bonchev–Trinajstić information content (AvgIpc) is 3.23. The molecule has 1 N–H and O–H groups in total. The number of aryl methyl sites for hydroxylation is 2. The van der Waals surface area contributed by atoms with Crippen molar-refractivity contribution < 1.29 is 14.1 Å². The second-order valence-electron chi connectivity index (χ2n) is 7.00. The SMILES string of the molecule is Cc1cc(C)cc(OCC(=O)Nc2ccccc2-c2nc(-c3ccccc3)no2)c1. The molecule has 0 atom stereocenters. The van der Waals surface area contributed by atoms with Crippen molar-refractivity contribution in [3.63, 3.8) is 0 Å². The van der Waals surface area contributed by atoms with Crippen molar-refractivity contribution in [1.29, 1.82) is 0 Å². The van der Waals surface area contributed by atoms with Crippen LogP contribution in [0.1, 0.15) is 11.1 Å². The Morgan fingerprint density at radius 1 is 0.967 bits per heavy atom. The topological polar surface area (TPSA) is 77.2 Å². The molecule has 0 saturated heterocycles. The highest BCUT2D eigenvalue weighted by Gasteiger charge is 2.15. The smallest absolute Gasteiger partial charge is 0.262 e. The van der Waals surface area contributed by atoms with Gasteiger partial charge in [-0.25, -0.2) is 0 Å².